The topological polar surface area (TPSA) is 88.2 Å². The van der Waals surface area contributed by atoms with Crippen molar-refractivity contribution in [3.8, 4) is 0 Å². The van der Waals surface area contributed by atoms with Crippen LogP contribution in [0.1, 0.15) is 6.92 Å². The fourth-order valence-corrected chi connectivity index (χ4v) is 3.25. The normalized spacial score (nSPS) is 12.7. The van der Waals surface area contributed by atoms with Gasteiger partial charge in [0, 0.05) is 17.3 Å². The molecule has 112 valence electrons. The molecule has 0 radical (unpaired) electrons. The second-order valence-electron chi connectivity index (χ2n) is 4.07. The quantitative estimate of drug-likeness (QED) is 0.815. The summed E-state index contributed by atoms with van der Waals surface area (Å²) in [7, 11) is -3.69. The number of hydrogen-bond donors (Lipinski definition) is 2. The summed E-state index contributed by atoms with van der Waals surface area (Å²) >= 11 is 6.82. The van der Waals surface area contributed by atoms with E-state index in [1.807, 2.05) is 0 Å². The van der Waals surface area contributed by atoms with Gasteiger partial charge in [0.25, 0.3) is 10.0 Å². The molecule has 6 nitrogen and oxygen atoms in total. The van der Waals surface area contributed by atoms with Crippen LogP contribution < -0.4 is 10.0 Å². The maximum Gasteiger partial charge on any atom is 0.263 e. The van der Waals surface area contributed by atoms with Crippen molar-refractivity contribution in [3.05, 3.63) is 35.8 Å². The molecule has 1 aromatic carbocycles. The van der Waals surface area contributed by atoms with Crippen LogP contribution >= 0.6 is 22.9 Å². The van der Waals surface area contributed by atoms with E-state index in [9.17, 15) is 13.2 Å². The number of rotatable bonds is 5. The van der Waals surface area contributed by atoms with Crippen LogP contribution in [0.15, 0.2) is 40.7 Å². The molecule has 0 aliphatic heterocycles. The number of benzene rings is 1. The first-order valence-electron chi connectivity index (χ1n) is 5.86. The van der Waals surface area contributed by atoms with Crippen molar-refractivity contribution in [3.63, 3.8) is 0 Å². The third-order valence-electron chi connectivity index (χ3n) is 2.45. The smallest absolute Gasteiger partial charge is 0.263 e. The zero-order valence-corrected chi connectivity index (χ0v) is 13.3. The standard InChI is InChI=1S/C12H12ClN3O3S2/c1-8(13)11(17)15-9-2-4-10(5-3-9)21(18,19)16-12-14-6-7-20-12/h2-8H,1H3,(H,14,16)(H,15,17). The van der Waals surface area contributed by atoms with Gasteiger partial charge in [-0.25, -0.2) is 13.4 Å². The first-order chi connectivity index (χ1) is 9.88. The van der Waals surface area contributed by atoms with Gasteiger partial charge in [-0.15, -0.1) is 22.9 Å². The highest BCUT2D eigenvalue weighted by atomic mass is 35.5. The largest absolute Gasteiger partial charge is 0.325 e. The Bertz CT molecular complexity index is 713. The molecule has 0 spiro atoms. The zero-order chi connectivity index (χ0) is 15.5. The maximum atomic E-state index is 12.1. The number of carbonyl (C=O) groups is 1. The van der Waals surface area contributed by atoms with Gasteiger partial charge in [-0.2, -0.15) is 0 Å². The van der Waals surface area contributed by atoms with Gasteiger partial charge in [-0.3, -0.25) is 9.52 Å². The first-order valence-corrected chi connectivity index (χ1v) is 8.66. The van der Waals surface area contributed by atoms with E-state index in [4.69, 9.17) is 11.6 Å². The molecule has 0 saturated carbocycles. The van der Waals surface area contributed by atoms with Gasteiger partial charge in [-0.1, -0.05) is 0 Å². The summed E-state index contributed by atoms with van der Waals surface area (Å²) in [5, 5.41) is 3.87. The van der Waals surface area contributed by atoms with E-state index in [1.165, 1.54) is 41.8 Å². The summed E-state index contributed by atoms with van der Waals surface area (Å²) in [4.78, 5) is 15.4. The Labute approximate surface area is 131 Å². The SMILES string of the molecule is CC(Cl)C(=O)Nc1ccc(S(=O)(=O)Nc2nccs2)cc1. The Kier molecular flexibility index (Phi) is 4.81. The Morgan fingerprint density at radius 1 is 1.33 bits per heavy atom. The number of aromatic nitrogens is 1. The van der Waals surface area contributed by atoms with E-state index in [-0.39, 0.29) is 10.8 Å². The van der Waals surface area contributed by atoms with E-state index < -0.39 is 15.4 Å². The van der Waals surface area contributed by atoms with Gasteiger partial charge in [0.1, 0.15) is 5.38 Å². The van der Waals surface area contributed by atoms with Crippen molar-refractivity contribution in [2.75, 3.05) is 10.0 Å². The summed E-state index contributed by atoms with van der Waals surface area (Å²) in [5.74, 6) is -0.354. The molecular weight excluding hydrogens is 334 g/mol. The maximum absolute atomic E-state index is 12.1. The van der Waals surface area contributed by atoms with Crippen LogP contribution in [0.2, 0.25) is 0 Å². The summed E-state index contributed by atoms with van der Waals surface area (Å²) in [6, 6.07) is 5.77. The van der Waals surface area contributed by atoms with E-state index in [0.29, 0.717) is 10.8 Å². The third-order valence-corrected chi connectivity index (χ3v) is 4.82. The molecule has 2 aromatic rings. The van der Waals surface area contributed by atoms with Crippen LogP contribution in [-0.2, 0) is 14.8 Å². The lowest BCUT2D eigenvalue weighted by atomic mass is 10.3. The minimum absolute atomic E-state index is 0.0784. The molecule has 9 heteroatoms. The van der Waals surface area contributed by atoms with Gasteiger partial charge < -0.3 is 5.32 Å². The van der Waals surface area contributed by atoms with Crippen LogP contribution in [0.3, 0.4) is 0 Å². The molecular formula is C12H12ClN3O3S2. The van der Waals surface area contributed by atoms with E-state index in [1.54, 1.807) is 12.3 Å². The van der Waals surface area contributed by atoms with Gasteiger partial charge in [-0.05, 0) is 31.2 Å². The van der Waals surface area contributed by atoms with Crippen molar-refractivity contribution >= 4 is 49.7 Å². The van der Waals surface area contributed by atoms with Crippen LogP contribution in [-0.4, -0.2) is 24.7 Å². The summed E-state index contributed by atoms with van der Waals surface area (Å²) in [5.41, 5.74) is 0.473. The molecule has 1 amide bonds. The molecule has 2 rings (SSSR count). The van der Waals surface area contributed by atoms with Gasteiger partial charge in [0.05, 0.1) is 4.90 Å². The molecule has 1 heterocycles. The zero-order valence-electron chi connectivity index (χ0n) is 10.9. The molecule has 0 aliphatic rings. The molecule has 2 N–H and O–H groups in total. The lowest BCUT2D eigenvalue weighted by molar-refractivity contribution is -0.115. The highest BCUT2D eigenvalue weighted by Gasteiger charge is 2.16. The Morgan fingerprint density at radius 2 is 2.00 bits per heavy atom. The number of nitrogens with one attached hydrogen (secondary N) is 2. The van der Waals surface area contributed by atoms with E-state index in [2.05, 4.69) is 15.0 Å². The number of hydrogen-bond acceptors (Lipinski definition) is 5. The lowest BCUT2D eigenvalue weighted by Crippen LogP contribution is -2.20. The number of nitrogens with zero attached hydrogens (tertiary/aromatic N) is 1. The number of amides is 1. The Hall–Kier alpha value is -1.64. The summed E-state index contributed by atoms with van der Waals surface area (Å²) in [6.07, 6.45) is 1.51. The average molecular weight is 346 g/mol. The summed E-state index contributed by atoms with van der Waals surface area (Å²) in [6.45, 7) is 1.55. The molecule has 0 bridgehead atoms. The minimum Gasteiger partial charge on any atom is -0.325 e. The molecule has 0 aliphatic carbocycles. The van der Waals surface area contributed by atoms with Crippen molar-refractivity contribution in [1.82, 2.24) is 4.98 Å². The molecule has 1 atom stereocenters. The fraction of sp³-hybridized carbons (Fsp3) is 0.167. The number of thiazole rings is 1. The summed E-state index contributed by atoms with van der Waals surface area (Å²) < 4.78 is 26.5. The fourth-order valence-electron chi connectivity index (χ4n) is 1.41. The van der Waals surface area contributed by atoms with Crippen LogP contribution in [0.4, 0.5) is 10.8 Å². The van der Waals surface area contributed by atoms with Crippen molar-refractivity contribution < 1.29 is 13.2 Å². The molecule has 21 heavy (non-hydrogen) atoms. The molecule has 0 saturated heterocycles. The number of alkyl halides is 1. The Balaban J connectivity index is 2.13. The monoisotopic (exact) mass is 345 g/mol. The van der Waals surface area contributed by atoms with Crippen molar-refractivity contribution in [1.29, 1.82) is 0 Å². The number of carbonyl (C=O) groups excluding carboxylic acids is 1. The van der Waals surface area contributed by atoms with Crippen LogP contribution in [0.5, 0.6) is 0 Å². The van der Waals surface area contributed by atoms with Crippen LogP contribution in [0, 0.1) is 0 Å². The van der Waals surface area contributed by atoms with Gasteiger partial charge in [0.2, 0.25) is 5.91 Å². The van der Waals surface area contributed by atoms with Gasteiger partial charge in [0.15, 0.2) is 5.13 Å². The highest BCUT2D eigenvalue weighted by molar-refractivity contribution is 7.93. The van der Waals surface area contributed by atoms with Crippen molar-refractivity contribution in [2.45, 2.75) is 17.2 Å². The lowest BCUT2D eigenvalue weighted by Gasteiger charge is -2.08. The van der Waals surface area contributed by atoms with Crippen molar-refractivity contribution in [2.24, 2.45) is 0 Å². The third kappa shape index (κ3) is 4.16. The average Bonchev–Trinajstić information content (AvgIpc) is 2.91. The van der Waals surface area contributed by atoms with Gasteiger partial charge >= 0.3 is 0 Å². The van der Waals surface area contributed by atoms with E-state index in [0.717, 1.165) is 0 Å². The second kappa shape index (κ2) is 6.42. The van der Waals surface area contributed by atoms with Crippen LogP contribution in [0.25, 0.3) is 0 Å². The minimum atomic E-state index is -3.69. The number of halogens is 1. The molecule has 1 aromatic heterocycles. The number of anilines is 2. The predicted octanol–water partition coefficient (Wildman–Crippen LogP) is 2.51. The number of sulfonamides is 1. The Morgan fingerprint density at radius 3 is 2.52 bits per heavy atom. The predicted molar refractivity (Wildman–Crippen MR) is 83.3 cm³/mol. The molecule has 0 fully saturated rings. The molecule has 1 unspecified atom stereocenters. The second-order valence-corrected chi connectivity index (χ2v) is 7.30. The van der Waals surface area contributed by atoms with E-state index >= 15 is 0 Å². The first kappa shape index (κ1) is 15.7. The highest BCUT2D eigenvalue weighted by Crippen LogP contribution is 2.19.